The lowest BCUT2D eigenvalue weighted by Crippen LogP contribution is -2.23. The molecule has 0 bridgehead atoms. The maximum Gasteiger partial charge on any atom is 0.107 e. The standard InChI is InChI=1S/C18H26FN/c1-15(2)16(3)10-11-17(4)20(13-12-19)14-18-8-6-5-7-9-18/h5-11,15H,12-14H2,1-4H3/b16-10+,17-11+. The Kier molecular flexibility index (Phi) is 7.06. The summed E-state index contributed by atoms with van der Waals surface area (Å²) in [5.74, 6) is 0.544. The minimum atomic E-state index is -0.328. The third-order valence-electron chi connectivity index (χ3n) is 3.57. The molecule has 0 unspecified atom stereocenters. The van der Waals surface area contributed by atoms with Crippen molar-refractivity contribution in [1.29, 1.82) is 0 Å². The van der Waals surface area contributed by atoms with E-state index in [1.54, 1.807) is 0 Å². The molecule has 0 aliphatic carbocycles. The zero-order valence-corrected chi connectivity index (χ0v) is 13.1. The van der Waals surface area contributed by atoms with Crippen molar-refractivity contribution in [2.24, 2.45) is 5.92 Å². The highest BCUT2D eigenvalue weighted by molar-refractivity contribution is 5.19. The number of nitrogens with zero attached hydrogens (tertiary/aromatic N) is 1. The van der Waals surface area contributed by atoms with Crippen molar-refractivity contribution in [3.8, 4) is 0 Å². The fourth-order valence-corrected chi connectivity index (χ4v) is 1.84. The molecule has 0 N–H and O–H groups in total. The molecule has 0 radical (unpaired) electrons. The van der Waals surface area contributed by atoms with E-state index >= 15 is 0 Å². The summed E-state index contributed by atoms with van der Waals surface area (Å²) < 4.78 is 12.7. The Balaban J connectivity index is 2.79. The van der Waals surface area contributed by atoms with Crippen LogP contribution >= 0.6 is 0 Å². The predicted molar refractivity (Wildman–Crippen MR) is 85.2 cm³/mol. The average molecular weight is 275 g/mol. The minimum absolute atomic E-state index is 0.328. The van der Waals surface area contributed by atoms with Crippen LogP contribution in [-0.4, -0.2) is 18.1 Å². The van der Waals surface area contributed by atoms with Crippen LogP contribution < -0.4 is 0 Å². The van der Waals surface area contributed by atoms with Crippen LogP contribution in [0.1, 0.15) is 33.3 Å². The molecule has 20 heavy (non-hydrogen) atoms. The summed E-state index contributed by atoms with van der Waals surface area (Å²) >= 11 is 0. The van der Waals surface area contributed by atoms with E-state index in [0.717, 1.165) is 12.2 Å². The zero-order chi connectivity index (χ0) is 15.0. The number of benzene rings is 1. The van der Waals surface area contributed by atoms with E-state index in [2.05, 4.69) is 50.0 Å². The highest BCUT2D eigenvalue weighted by atomic mass is 19.1. The van der Waals surface area contributed by atoms with Gasteiger partial charge in [0.05, 0.1) is 0 Å². The topological polar surface area (TPSA) is 3.24 Å². The van der Waals surface area contributed by atoms with E-state index in [0.29, 0.717) is 12.5 Å². The Morgan fingerprint density at radius 1 is 1.15 bits per heavy atom. The molecule has 1 aromatic rings. The van der Waals surface area contributed by atoms with E-state index in [-0.39, 0.29) is 6.67 Å². The van der Waals surface area contributed by atoms with E-state index in [9.17, 15) is 4.39 Å². The van der Waals surface area contributed by atoms with Gasteiger partial charge in [-0.1, -0.05) is 55.8 Å². The average Bonchev–Trinajstić information content (AvgIpc) is 2.44. The Bertz CT molecular complexity index is 446. The van der Waals surface area contributed by atoms with Crippen LogP contribution in [0.25, 0.3) is 0 Å². The molecule has 0 spiro atoms. The fraction of sp³-hybridized carbons (Fsp3) is 0.444. The monoisotopic (exact) mass is 275 g/mol. The smallest absolute Gasteiger partial charge is 0.107 e. The molecular formula is C18H26FN. The van der Waals surface area contributed by atoms with Gasteiger partial charge in [-0.25, -0.2) is 4.39 Å². The quantitative estimate of drug-likeness (QED) is 0.635. The Hall–Kier alpha value is -1.57. The van der Waals surface area contributed by atoms with Gasteiger partial charge in [-0.15, -0.1) is 0 Å². The molecule has 0 amide bonds. The SMILES string of the molecule is C/C(=C\C=C(/C)N(CCF)Cc1ccccc1)C(C)C. The van der Waals surface area contributed by atoms with Crippen molar-refractivity contribution in [2.75, 3.05) is 13.2 Å². The summed E-state index contributed by atoms with van der Waals surface area (Å²) in [5, 5.41) is 0. The fourth-order valence-electron chi connectivity index (χ4n) is 1.84. The van der Waals surface area contributed by atoms with E-state index in [1.807, 2.05) is 25.1 Å². The highest BCUT2D eigenvalue weighted by Crippen LogP contribution is 2.13. The second kappa shape index (κ2) is 8.57. The number of halogens is 1. The number of alkyl halides is 1. The molecule has 0 aromatic heterocycles. The maximum atomic E-state index is 12.7. The van der Waals surface area contributed by atoms with Crippen molar-refractivity contribution in [3.05, 3.63) is 59.3 Å². The number of rotatable bonds is 7. The van der Waals surface area contributed by atoms with Gasteiger partial charge in [0.1, 0.15) is 6.67 Å². The highest BCUT2D eigenvalue weighted by Gasteiger charge is 2.06. The molecule has 0 saturated heterocycles. The summed E-state index contributed by atoms with van der Waals surface area (Å²) in [6, 6.07) is 10.2. The van der Waals surface area contributed by atoms with Gasteiger partial charge in [0.2, 0.25) is 0 Å². The number of hydrogen-bond acceptors (Lipinski definition) is 1. The van der Waals surface area contributed by atoms with Crippen LogP contribution in [0.3, 0.4) is 0 Å². The third kappa shape index (κ3) is 5.60. The third-order valence-corrected chi connectivity index (χ3v) is 3.57. The van der Waals surface area contributed by atoms with Crippen LogP contribution in [-0.2, 0) is 6.54 Å². The van der Waals surface area contributed by atoms with Gasteiger partial charge < -0.3 is 4.90 Å². The van der Waals surface area contributed by atoms with E-state index < -0.39 is 0 Å². The van der Waals surface area contributed by atoms with Gasteiger partial charge >= 0.3 is 0 Å². The molecule has 0 fully saturated rings. The molecular weight excluding hydrogens is 249 g/mol. The molecule has 0 heterocycles. The molecule has 0 aliphatic heterocycles. The van der Waals surface area contributed by atoms with E-state index in [1.165, 1.54) is 11.1 Å². The molecule has 110 valence electrons. The number of allylic oxidation sites excluding steroid dienone is 4. The Morgan fingerprint density at radius 3 is 2.35 bits per heavy atom. The van der Waals surface area contributed by atoms with Crippen molar-refractivity contribution in [1.82, 2.24) is 4.90 Å². The summed E-state index contributed by atoms with van der Waals surface area (Å²) in [5.41, 5.74) is 3.65. The number of hydrogen-bond donors (Lipinski definition) is 0. The van der Waals surface area contributed by atoms with Gasteiger partial charge in [-0.2, -0.15) is 0 Å². The van der Waals surface area contributed by atoms with Gasteiger partial charge in [-0.3, -0.25) is 0 Å². The first-order valence-electron chi connectivity index (χ1n) is 7.24. The van der Waals surface area contributed by atoms with Crippen LogP contribution in [0.5, 0.6) is 0 Å². The van der Waals surface area contributed by atoms with Crippen LogP contribution in [0.4, 0.5) is 4.39 Å². The summed E-state index contributed by atoms with van der Waals surface area (Å²) in [7, 11) is 0. The molecule has 1 nitrogen and oxygen atoms in total. The largest absolute Gasteiger partial charge is 0.368 e. The van der Waals surface area contributed by atoms with E-state index in [4.69, 9.17) is 0 Å². The van der Waals surface area contributed by atoms with Gasteiger partial charge in [-0.05, 0) is 31.4 Å². The summed E-state index contributed by atoms with van der Waals surface area (Å²) in [4.78, 5) is 2.08. The predicted octanol–water partition coefficient (Wildman–Crippen LogP) is 4.96. The molecule has 1 aromatic carbocycles. The van der Waals surface area contributed by atoms with Crippen molar-refractivity contribution in [2.45, 2.75) is 34.2 Å². The molecule has 0 saturated carbocycles. The molecule has 0 aliphatic rings. The van der Waals surface area contributed by atoms with Crippen LogP contribution in [0.2, 0.25) is 0 Å². The molecule has 1 rings (SSSR count). The van der Waals surface area contributed by atoms with Gasteiger partial charge in [0.15, 0.2) is 0 Å². The summed E-state index contributed by atoms with van der Waals surface area (Å²) in [6.45, 7) is 9.39. The Labute approximate surface area is 122 Å². The van der Waals surface area contributed by atoms with Gasteiger partial charge in [0, 0.05) is 18.8 Å². The van der Waals surface area contributed by atoms with Crippen molar-refractivity contribution in [3.63, 3.8) is 0 Å². The minimum Gasteiger partial charge on any atom is -0.368 e. The lowest BCUT2D eigenvalue weighted by molar-refractivity contribution is 0.297. The maximum absolute atomic E-state index is 12.7. The second-order valence-electron chi connectivity index (χ2n) is 5.47. The molecule has 0 atom stereocenters. The zero-order valence-electron chi connectivity index (χ0n) is 13.1. The van der Waals surface area contributed by atoms with Crippen LogP contribution in [0.15, 0.2) is 53.8 Å². The van der Waals surface area contributed by atoms with Crippen molar-refractivity contribution >= 4 is 0 Å². The lowest BCUT2D eigenvalue weighted by atomic mass is 10.1. The first-order valence-corrected chi connectivity index (χ1v) is 7.24. The first-order chi connectivity index (χ1) is 9.54. The lowest BCUT2D eigenvalue weighted by Gasteiger charge is -2.24. The van der Waals surface area contributed by atoms with Crippen molar-refractivity contribution < 1.29 is 4.39 Å². The summed E-state index contributed by atoms with van der Waals surface area (Å²) in [6.07, 6.45) is 4.23. The normalized spacial score (nSPS) is 12.9. The molecule has 2 heteroatoms. The van der Waals surface area contributed by atoms with Gasteiger partial charge in [0.25, 0.3) is 0 Å². The first kappa shape index (κ1) is 16.5. The Morgan fingerprint density at radius 2 is 1.80 bits per heavy atom. The van der Waals surface area contributed by atoms with Crippen LogP contribution in [0, 0.1) is 5.92 Å². The second-order valence-corrected chi connectivity index (χ2v) is 5.47.